The molecule has 19 heteroatoms. The van der Waals surface area contributed by atoms with Gasteiger partial charge in [0.25, 0.3) is 0 Å². The molecule has 2 fully saturated rings. The van der Waals surface area contributed by atoms with Gasteiger partial charge in [-0.05, 0) is 0 Å². The van der Waals surface area contributed by atoms with Crippen LogP contribution in [0.25, 0.3) is 0 Å². The Morgan fingerprint density at radius 1 is 0.667 bits per heavy atom. The van der Waals surface area contributed by atoms with Gasteiger partial charge >= 0.3 is 0 Å². The maximum absolute atomic E-state index is 12.6. The van der Waals surface area contributed by atoms with Crippen LogP contribution in [0.3, 0.4) is 0 Å². The molecule has 0 aromatic rings. The summed E-state index contributed by atoms with van der Waals surface area (Å²) in [6.07, 6.45) is -12.0. The van der Waals surface area contributed by atoms with Crippen molar-refractivity contribution in [3.63, 3.8) is 0 Å². The molecular formula is C20H38N4O12ReS2. The van der Waals surface area contributed by atoms with Gasteiger partial charge in [-0.15, -0.1) is 0 Å². The van der Waals surface area contributed by atoms with Gasteiger partial charge in [-0.2, -0.15) is 25.3 Å². The Bertz CT molecular complexity index is 707. The predicted octanol–water partition coefficient (Wildman–Crippen LogP) is -7.41. The van der Waals surface area contributed by atoms with Crippen molar-refractivity contribution in [3.05, 3.63) is 0 Å². The third kappa shape index (κ3) is 9.68. The zero-order chi connectivity index (χ0) is 28.6. The summed E-state index contributed by atoms with van der Waals surface area (Å²) in [6, 6.07) is -4.52. The number of aliphatic hydroxyl groups is 8. The minimum Gasteiger partial charge on any atom is -0.394 e. The molecular weight excluding hydrogens is 739 g/mol. The van der Waals surface area contributed by atoms with E-state index in [0.29, 0.717) is 0 Å². The summed E-state index contributed by atoms with van der Waals surface area (Å²) in [6.45, 7) is -0.994. The molecule has 39 heavy (non-hydrogen) atoms. The van der Waals surface area contributed by atoms with Crippen molar-refractivity contribution in [1.29, 1.82) is 0 Å². The van der Waals surface area contributed by atoms with E-state index in [1.807, 2.05) is 0 Å². The number of carbonyl (C=O) groups is 2. The van der Waals surface area contributed by atoms with Gasteiger partial charge in [0, 0.05) is 45.0 Å². The number of amides is 2. The molecule has 0 aromatic heterocycles. The van der Waals surface area contributed by atoms with E-state index >= 15 is 0 Å². The molecule has 0 bridgehead atoms. The maximum atomic E-state index is 12.6. The molecule has 2 rings (SSSR count). The van der Waals surface area contributed by atoms with Crippen molar-refractivity contribution >= 4 is 37.1 Å². The average Bonchev–Trinajstić information content (AvgIpc) is 2.90. The number of hydrogen-bond acceptors (Lipinski definition) is 16. The van der Waals surface area contributed by atoms with Crippen LogP contribution in [0.2, 0.25) is 0 Å². The first-order valence-electron chi connectivity index (χ1n) is 11.9. The molecule has 2 aliphatic heterocycles. The van der Waals surface area contributed by atoms with E-state index in [2.05, 4.69) is 46.5 Å². The SMILES string of the molecule is O=C(N[C@H]1C(O)O[C@H](CO)[C@@H](O)[C@@H]1O)[C@H](CS)NCCN[C@@H](CS)C(=O)N[C@H]1C(O)O[C@H](CO)[C@@H](O)[C@@H]1O.[187Re]. The summed E-state index contributed by atoms with van der Waals surface area (Å²) < 4.78 is 10.0. The molecule has 1 radical (unpaired) electrons. The molecule has 12 N–H and O–H groups in total. The number of aliphatic hydroxyl groups excluding tert-OH is 8. The Morgan fingerprint density at radius 3 is 1.28 bits per heavy atom. The minimum absolute atomic E-state index is 0. The minimum atomic E-state index is -1.67. The van der Waals surface area contributed by atoms with Gasteiger partial charge < -0.3 is 71.6 Å². The fraction of sp³-hybridized carbons (Fsp3) is 0.900. The Kier molecular flexibility index (Phi) is 16.7. The standard InChI is InChI=1S/C20H38N4O12S2.Re/c25-3-9-13(27)15(29)11(19(33)35-9)23-17(31)7(5-37)21-1-2-22-8(6-38)18(32)24-12-16(30)14(28)10(4-26)36-20(12)34;/h7-16,19-22,25-30,33-34,37-38H,1-6H2,(H,23,31)(H,24,32);/t7-,8-,9+,10+,11+,12+,13+,14+,15+,16+,19?,20?;/m0./s1/i;1+1. The zero-order valence-electron chi connectivity index (χ0n) is 20.7. The second-order valence-corrected chi connectivity index (χ2v) is 9.64. The fourth-order valence-corrected chi connectivity index (χ4v) is 4.60. The van der Waals surface area contributed by atoms with E-state index in [4.69, 9.17) is 19.7 Å². The third-order valence-electron chi connectivity index (χ3n) is 6.32. The average molecular weight is 778 g/mol. The molecule has 0 aromatic carbocycles. The van der Waals surface area contributed by atoms with Crippen LogP contribution in [0.1, 0.15) is 0 Å². The van der Waals surface area contributed by atoms with Crippen LogP contribution in [-0.2, 0) is 39.5 Å². The smallest absolute Gasteiger partial charge is 0.238 e. The third-order valence-corrected chi connectivity index (χ3v) is 7.05. The first kappa shape index (κ1) is 36.8. The van der Waals surface area contributed by atoms with Gasteiger partial charge in [0.1, 0.15) is 48.7 Å². The van der Waals surface area contributed by atoms with Crippen molar-refractivity contribution in [2.75, 3.05) is 37.8 Å². The topological polar surface area (TPSA) is 263 Å². The van der Waals surface area contributed by atoms with Gasteiger partial charge in [-0.25, -0.2) is 0 Å². The van der Waals surface area contributed by atoms with Crippen LogP contribution in [0.4, 0.5) is 0 Å². The summed E-state index contributed by atoms with van der Waals surface area (Å²) in [7, 11) is 0. The first-order chi connectivity index (χ1) is 18.0. The summed E-state index contributed by atoms with van der Waals surface area (Å²) in [4.78, 5) is 25.2. The number of carbonyl (C=O) groups excluding carboxylic acids is 2. The molecule has 16 nitrogen and oxygen atoms in total. The summed E-state index contributed by atoms with van der Waals surface area (Å²) in [5.41, 5.74) is 0. The summed E-state index contributed by atoms with van der Waals surface area (Å²) >= 11 is 8.23. The molecule has 2 heterocycles. The van der Waals surface area contributed by atoms with Gasteiger partial charge in [0.05, 0.1) is 25.3 Å². The second kappa shape index (κ2) is 17.7. The predicted molar refractivity (Wildman–Crippen MR) is 135 cm³/mol. The van der Waals surface area contributed by atoms with E-state index in [1.54, 1.807) is 0 Å². The number of rotatable bonds is 13. The summed E-state index contributed by atoms with van der Waals surface area (Å²) in [5.74, 6) is -1.30. The Balaban J connectivity index is 0.00000760. The molecule has 2 saturated heterocycles. The molecule has 2 aliphatic rings. The quantitative estimate of drug-likeness (QED) is 0.0613. The Hall–Kier alpha value is -0.178. The largest absolute Gasteiger partial charge is 0.394 e. The van der Waals surface area contributed by atoms with Gasteiger partial charge in [-0.3, -0.25) is 9.59 Å². The van der Waals surface area contributed by atoms with Gasteiger partial charge in [-0.1, -0.05) is 0 Å². The van der Waals surface area contributed by atoms with Crippen molar-refractivity contribution in [1.82, 2.24) is 21.3 Å². The Labute approximate surface area is 249 Å². The van der Waals surface area contributed by atoms with Crippen LogP contribution in [0, 0.1) is 0 Å². The van der Waals surface area contributed by atoms with Gasteiger partial charge in [0.2, 0.25) is 11.8 Å². The van der Waals surface area contributed by atoms with E-state index < -0.39 is 98.4 Å². The van der Waals surface area contributed by atoms with Crippen LogP contribution in [-0.4, -0.2) is 164 Å². The number of nitrogens with one attached hydrogen (secondary N) is 4. The van der Waals surface area contributed by atoms with E-state index in [0.717, 1.165) is 0 Å². The molecule has 2 unspecified atom stereocenters. The number of thiol groups is 2. The molecule has 0 saturated carbocycles. The van der Waals surface area contributed by atoms with Crippen LogP contribution >= 0.6 is 25.3 Å². The molecule has 2 amide bonds. The van der Waals surface area contributed by atoms with E-state index in [1.165, 1.54) is 0 Å². The molecule has 12 atom stereocenters. The van der Waals surface area contributed by atoms with Crippen molar-refractivity contribution in [2.24, 2.45) is 0 Å². The second-order valence-electron chi connectivity index (χ2n) is 8.91. The molecule has 0 spiro atoms. The van der Waals surface area contributed by atoms with Gasteiger partial charge in [0.15, 0.2) is 12.6 Å². The molecule has 229 valence electrons. The van der Waals surface area contributed by atoms with Crippen molar-refractivity contribution in [3.8, 4) is 0 Å². The van der Waals surface area contributed by atoms with E-state index in [9.17, 15) is 40.2 Å². The normalized spacial score (nSPS) is 36.4. The number of hydrogen-bond donors (Lipinski definition) is 14. The molecule has 0 aliphatic carbocycles. The fourth-order valence-electron chi connectivity index (χ4n) is 4.01. The van der Waals surface area contributed by atoms with Crippen LogP contribution in [0.15, 0.2) is 0 Å². The van der Waals surface area contributed by atoms with Crippen LogP contribution < -0.4 is 21.3 Å². The summed E-state index contributed by atoms with van der Waals surface area (Å²) in [5, 5.41) is 89.2. The van der Waals surface area contributed by atoms with E-state index in [-0.39, 0.29) is 45.0 Å². The van der Waals surface area contributed by atoms with Crippen molar-refractivity contribution in [2.45, 2.75) is 73.4 Å². The first-order valence-corrected chi connectivity index (χ1v) is 13.2. The monoisotopic (exact) mass is 777 g/mol. The zero-order valence-corrected chi connectivity index (χ0v) is 25.2. The van der Waals surface area contributed by atoms with Crippen LogP contribution in [0.5, 0.6) is 0 Å². The van der Waals surface area contributed by atoms with Crippen molar-refractivity contribution < 1.29 is 80.3 Å². The Morgan fingerprint density at radius 2 is 1.00 bits per heavy atom. The number of ether oxygens (including phenoxy) is 2. The maximum Gasteiger partial charge on any atom is 0.238 e.